The number of aromatic nitrogens is 1. The number of pyridine rings is 1. The molecule has 3 N–H and O–H groups in total. The van der Waals surface area contributed by atoms with Crippen LogP contribution in [0, 0.1) is 22.7 Å². The van der Waals surface area contributed by atoms with Gasteiger partial charge in [-0.05, 0) is 45.8 Å². The van der Waals surface area contributed by atoms with E-state index in [1.807, 2.05) is 30.3 Å². The van der Waals surface area contributed by atoms with Crippen molar-refractivity contribution in [3.05, 3.63) is 52.0 Å². The second-order valence-corrected chi connectivity index (χ2v) is 7.44. The zero-order valence-electron chi connectivity index (χ0n) is 15.7. The van der Waals surface area contributed by atoms with Gasteiger partial charge in [-0.3, -0.25) is 5.41 Å². The molecule has 2 unspecified atom stereocenters. The van der Waals surface area contributed by atoms with Crippen molar-refractivity contribution in [1.82, 2.24) is 4.98 Å². The summed E-state index contributed by atoms with van der Waals surface area (Å²) in [7, 11) is 3.11. The van der Waals surface area contributed by atoms with Crippen molar-refractivity contribution in [1.29, 1.82) is 10.7 Å². The van der Waals surface area contributed by atoms with Crippen LogP contribution in [0.2, 0.25) is 0 Å². The summed E-state index contributed by atoms with van der Waals surface area (Å²) in [6.45, 7) is 0. The van der Waals surface area contributed by atoms with Gasteiger partial charge in [-0.25, -0.2) is 4.98 Å². The lowest BCUT2D eigenvalue weighted by Crippen LogP contribution is -2.31. The van der Waals surface area contributed by atoms with Gasteiger partial charge in [-0.15, -0.1) is 0 Å². The highest BCUT2D eigenvalue weighted by atomic mass is 79.9. The molecular formula is C21H17BrN4O3. The summed E-state index contributed by atoms with van der Waals surface area (Å²) in [4.78, 5) is 4.40. The van der Waals surface area contributed by atoms with Crippen LogP contribution in [-0.4, -0.2) is 25.1 Å². The van der Waals surface area contributed by atoms with Gasteiger partial charge in [0.1, 0.15) is 17.3 Å². The van der Waals surface area contributed by atoms with Crippen LogP contribution in [0.4, 0.5) is 5.82 Å². The summed E-state index contributed by atoms with van der Waals surface area (Å²) in [5.74, 6) is 0.506. The third-order valence-electron chi connectivity index (χ3n) is 4.98. The first-order valence-corrected chi connectivity index (χ1v) is 9.54. The predicted molar refractivity (Wildman–Crippen MR) is 113 cm³/mol. The van der Waals surface area contributed by atoms with Gasteiger partial charge >= 0.3 is 0 Å². The van der Waals surface area contributed by atoms with Gasteiger partial charge in [0.2, 0.25) is 5.90 Å². The van der Waals surface area contributed by atoms with Crippen LogP contribution < -0.4 is 19.9 Å². The summed E-state index contributed by atoms with van der Waals surface area (Å²) in [5.41, 5.74) is 7.99. The van der Waals surface area contributed by atoms with Crippen molar-refractivity contribution in [2.24, 2.45) is 5.92 Å². The van der Waals surface area contributed by atoms with Gasteiger partial charge in [-0.1, -0.05) is 12.1 Å². The zero-order valence-corrected chi connectivity index (χ0v) is 17.3. The predicted octanol–water partition coefficient (Wildman–Crippen LogP) is 4.24. The fourth-order valence-electron chi connectivity index (χ4n) is 3.67. The van der Waals surface area contributed by atoms with E-state index in [0.29, 0.717) is 33.1 Å². The van der Waals surface area contributed by atoms with Crippen LogP contribution in [0.15, 0.2) is 40.9 Å². The van der Waals surface area contributed by atoms with Gasteiger partial charge < -0.3 is 19.9 Å². The number of methoxy groups -OCH3 is 2. The van der Waals surface area contributed by atoms with E-state index in [1.54, 1.807) is 20.3 Å². The Balaban J connectivity index is 2.00. The van der Waals surface area contributed by atoms with E-state index in [9.17, 15) is 5.26 Å². The third-order valence-corrected chi connectivity index (χ3v) is 5.57. The number of hydrogen-bond acceptors (Lipinski definition) is 7. The molecule has 1 aliphatic heterocycles. The van der Waals surface area contributed by atoms with Crippen LogP contribution in [0.5, 0.6) is 17.2 Å². The standard InChI is InChI=1S/C21H17BrN4O3/c1-27-15-8-11(7-14(22)20(15)28-2)17-12-5-3-10-4-6-16(24)26-18(10)19(12)29-21(25)13(17)9-23/h3-8,13,17,25H,1-2H3,(H2,24,26). The summed E-state index contributed by atoms with van der Waals surface area (Å²) in [6, 6.07) is 13.3. The molecular weight excluding hydrogens is 436 g/mol. The largest absolute Gasteiger partial charge is 0.493 e. The molecule has 7 nitrogen and oxygen atoms in total. The number of benzene rings is 2. The maximum atomic E-state index is 9.80. The normalized spacial score (nSPS) is 17.9. The SMILES string of the molecule is COc1cc(C2c3ccc4ccc(N)nc4c3OC(=N)C2C#N)cc(Br)c1OC. The molecule has 0 saturated heterocycles. The second kappa shape index (κ2) is 7.26. The first-order chi connectivity index (χ1) is 14.0. The Morgan fingerprint density at radius 3 is 2.66 bits per heavy atom. The van der Waals surface area contributed by atoms with Gasteiger partial charge in [-0.2, -0.15) is 5.26 Å². The second-order valence-electron chi connectivity index (χ2n) is 6.58. The molecule has 1 aliphatic rings. The van der Waals surface area contributed by atoms with E-state index in [2.05, 4.69) is 27.0 Å². The number of nitrogens with zero attached hydrogens (tertiary/aromatic N) is 2. The van der Waals surface area contributed by atoms with Gasteiger partial charge in [0.25, 0.3) is 0 Å². The minimum absolute atomic E-state index is 0.132. The Kier molecular flexibility index (Phi) is 4.76. The molecule has 1 aromatic heterocycles. The molecule has 4 rings (SSSR count). The number of nitriles is 1. The molecule has 2 atom stereocenters. The number of halogens is 1. The number of nitrogen functional groups attached to an aromatic ring is 1. The Hall–Kier alpha value is -3.31. The van der Waals surface area contributed by atoms with Gasteiger partial charge in [0.15, 0.2) is 17.2 Å². The van der Waals surface area contributed by atoms with Crippen molar-refractivity contribution < 1.29 is 14.2 Å². The molecule has 146 valence electrons. The molecule has 3 aromatic rings. The van der Waals surface area contributed by atoms with E-state index in [-0.39, 0.29) is 5.90 Å². The van der Waals surface area contributed by atoms with E-state index >= 15 is 0 Å². The Morgan fingerprint density at radius 2 is 1.97 bits per heavy atom. The molecule has 0 amide bonds. The quantitative estimate of drug-likeness (QED) is 0.613. The maximum Gasteiger partial charge on any atom is 0.205 e. The molecule has 2 aromatic carbocycles. The molecule has 0 saturated carbocycles. The van der Waals surface area contributed by atoms with Gasteiger partial charge in [0, 0.05) is 16.9 Å². The molecule has 0 fully saturated rings. The fraction of sp³-hybridized carbons (Fsp3) is 0.190. The summed E-state index contributed by atoms with van der Waals surface area (Å²) in [6.07, 6.45) is 0. The summed E-state index contributed by atoms with van der Waals surface area (Å²) < 4.78 is 17.3. The fourth-order valence-corrected chi connectivity index (χ4v) is 4.29. The van der Waals surface area contributed by atoms with Crippen molar-refractivity contribution in [2.45, 2.75) is 5.92 Å². The molecule has 0 aliphatic carbocycles. The molecule has 2 heterocycles. The van der Waals surface area contributed by atoms with Crippen molar-refractivity contribution in [2.75, 3.05) is 20.0 Å². The Labute approximate surface area is 175 Å². The highest BCUT2D eigenvalue weighted by Crippen LogP contribution is 2.47. The van der Waals surface area contributed by atoms with Crippen molar-refractivity contribution >= 4 is 38.5 Å². The highest BCUT2D eigenvalue weighted by molar-refractivity contribution is 9.10. The molecule has 0 spiro atoms. The average molecular weight is 453 g/mol. The van der Waals surface area contributed by atoms with Crippen LogP contribution in [0.3, 0.4) is 0 Å². The van der Waals surface area contributed by atoms with E-state index in [0.717, 1.165) is 16.5 Å². The van der Waals surface area contributed by atoms with Crippen LogP contribution in [0.25, 0.3) is 10.9 Å². The Bertz CT molecular complexity index is 1190. The van der Waals surface area contributed by atoms with E-state index in [4.69, 9.17) is 25.4 Å². The smallest absolute Gasteiger partial charge is 0.205 e. The van der Waals surface area contributed by atoms with E-state index < -0.39 is 11.8 Å². The van der Waals surface area contributed by atoms with Crippen LogP contribution in [0.1, 0.15) is 17.0 Å². The van der Waals surface area contributed by atoms with Crippen LogP contribution in [-0.2, 0) is 0 Å². The molecule has 8 heteroatoms. The van der Waals surface area contributed by atoms with Crippen LogP contribution >= 0.6 is 15.9 Å². The molecule has 0 bridgehead atoms. The zero-order chi connectivity index (χ0) is 20.7. The highest BCUT2D eigenvalue weighted by Gasteiger charge is 2.38. The average Bonchev–Trinajstić information content (AvgIpc) is 2.72. The van der Waals surface area contributed by atoms with Crippen molar-refractivity contribution in [3.8, 4) is 23.3 Å². The maximum absolute atomic E-state index is 9.80. The first-order valence-electron chi connectivity index (χ1n) is 8.75. The number of hydrogen-bond donors (Lipinski definition) is 2. The number of nitrogens with one attached hydrogen (secondary N) is 1. The number of anilines is 1. The lowest BCUT2D eigenvalue weighted by molar-refractivity contribution is 0.352. The topological polar surface area (TPSA) is 114 Å². The summed E-state index contributed by atoms with van der Waals surface area (Å²) >= 11 is 3.51. The summed E-state index contributed by atoms with van der Waals surface area (Å²) in [5, 5.41) is 19.0. The number of nitrogens with two attached hydrogens (primary N) is 1. The molecule has 29 heavy (non-hydrogen) atoms. The lowest BCUT2D eigenvalue weighted by atomic mass is 9.78. The Morgan fingerprint density at radius 1 is 1.21 bits per heavy atom. The monoisotopic (exact) mass is 452 g/mol. The number of rotatable bonds is 3. The molecule has 0 radical (unpaired) electrons. The van der Waals surface area contributed by atoms with Crippen molar-refractivity contribution in [3.63, 3.8) is 0 Å². The number of fused-ring (bicyclic) bond motifs is 3. The van der Waals surface area contributed by atoms with Gasteiger partial charge in [0.05, 0.1) is 24.8 Å². The number of ether oxygens (including phenoxy) is 3. The minimum Gasteiger partial charge on any atom is -0.493 e. The third kappa shape index (κ3) is 3.04. The lowest BCUT2D eigenvalue weighted by Gasteiger charge is -2.31. The first kappa shape index (κ1) is 19.0. The van der Waals surface area contributed by atoms with E-state index in [1.165, 1.54) is 0 Å². The minimum atomic E-state index is -0.800.